The van der Waals surface area contributed by atoms with Crippen molar-refractivity contribution in [1.29, 1.82) is 0 Å². The van der Waals surface area contributed by atoms with E-state index in [9.17, 15) is 9.59 Å². The van der Waals surface area contributed by atoms with E-state index in [2.05, 4.69) is 5.32 Å². The Kier molecular flexibility index (Phi) is 3.40. The number of rotatable bonds is 3. The number of nitrogen functional groups attached to an aromatic ring is 1. The van der Waals surface area contributed by atoms with Crippen LogP contribution >= 0.6 is 0 Å². The molecule has 0 saturated heterocycles. The van der Waals surface area contributed by atoms with Crippen molar-refractivity contribution in [2.45, 2.75) is 13.0 Å². The van der Waals surface area contributed by atoms with E-state index in [0.29, 0.717) is 23.6 Å². The molecule has 1 amide bonds. The maximum absolute atomic E-state index is 12.6. The van der Waals surface area contributed by atoms with E-state index >= 15 is 0 Å². The number of nitrogens with zero attached hydrogens (tertiary/aromatic N) is 1. The van der Waals surface area contributed by atoms with Crippen molar-refractivity contribution in [1.82, 2.24) is 9.88 Å². The van der Waals surface area contributed by atoms with Gasteiger partial charge in [0.05, 0.1) is 11.6 Å². The average molecular weight is 303 g/mol. The van der Waals surface area contributed by atoms with Crippen molar-refractivity contribution >= 4 is 22.5 Å². The van der Waals surface area contributed by atoms with E-state index in [1.54, 1.807) is 22.8 Å². The number of carbonyl (C=O) groups excluding carboxylic acids is 1. The number of hydrogen-bond donors (Lipinski definition) is 2. The number of ether oxygens (including phenoxy) is 2. The summed E-state index contributed by atoms with van der Waals surface area (Å²) in [6.07, 6.45) is 0. The smallest absolute Gasteiger partial charge is 0.293 e. The molecule has 3 N–H and O–H groups in total. The third kappa shape index (κ3) is 2.24. The monoisotopic (exact) mass is 303 g/mol. The zero-order valence-corrected chi connectivity index (χ0v) is 12.4. The van der Waals surface area contributed by atoms with Gasteiger partial charge in [0.1, 0.15) is 12.4 Å². The Hall–Kier alpha value is -2.70. The van der Waals surface area contributed by atoms with Crippen LogP contribution in [0.25, 0.3) is 10.9 Å². The van der Waals surface area contributed by atoms with Crippen LogP contribution in [0.5, 0.6) is 11.5 Å². The van der Waals surface area contributed by atoms with Crippen LogP contribution in [0.15, 0.2) is 23.0 Å². The van der Waals surface area contributed by atoms with Gasteiger partial charge in [-0.05, 0) is 19.1 Å². The van der Waals surface area contributed by atoms with Gasteiger partial charge in [0.25, 0.3) is 11.5 Å². The summed E-state index contributed by atoms with van der Waals surface area (Å²) in [6.45, 7) is 2.06. The average Bonchev–Trinajstić information content (AvgIpc) is 2.50. The Morgan fingerprint density at radius 1 is 1.50 bits per heavy atom. The van der Waals surface area contributed by atoms with Crippen molar-refractivity contribution in [3.63, 3.8) is 0 Å². The van der Waals surface area contributed by atoms with Crippen molar-refractivity contribution in [2.24, 2.45) is 0 Å². The van der Waals surface area contributed by atoms with E-state index in [4.69, 9.17) is 15.2 Å². The molecule has 0 saturated carbocycles. The van der Waals surface area contributed by atoms with Gasteiger partial charge in [-0.15, -0.1) is 0 Å². The zero-order chi connectivity index (χ0) is 15.9. The lowest BCUT2D eigenvalue weighted by molar-refractivity contribution is -0.122. The van der Waals surface area contributed by atoms with E-state index in [-0.39, 0.29) is 29.9 Å². The van der Waals surface area contributed by atoms with Gasteiger partial charge in [-0.2, -0.15) is 0 Å². The van der Waals surface area contributed by atoms with E-state index in [1.807, 2.05) is 6.92 Å². The number of likely N-dealkylation sites (N-methyl/N-ethyl adjacent to an activating group) is 1. The molecule has 0 bridgehead atoms. The molecule has 3 rings (SSSR count). The van der Waals surface area contributed by atoms with Gasteiger partial charge in [0.2, 0.25) is 0 Å². The molecule has 7 nitrogen and oxygen atoms in total. The number of benzene rings is 1. The Morgan fingerprint density at radius 2 is 2.27 bits per heavy atom. The van der Waals surface area contributed by atoms with E-state index in [1.165, 1.54) is 7.05 Å². The number of nitrogens with one attached hydrogen (secondary N) is 1. The van der Waals surface area contributed by atoms with Crippen LogP contribution in [0.1, 0.15) is 13.0 Å². The fourth-order valence-corrected chi connectivity index (χ4v) is 2.58. The predicted octanol–water partition coefficient (Wildman–Crippen LogP) is 0.662. The summed E-state index contributed by atoms with van der Waals surface area (Å²) >= 11 is 0. The summed E-state index contributed by atoms with van der Waals surface area (Å²) in [7, 11) is 1.51. The number of amides is 1. The summed E-state index contributed by atoms with van der Waals surface area (Å²) < 4.78 is 12.7. The van der Waals surface area contributed by atoms with E-state index in [0.717, 1.165) is 5.39 Å². The number of aromatic nitrogens is 1. The molecule has 0 unspecified atom stereocenters. The van der Waals surface area contributed by atoms with Crippen LogP contribution in [0, 0.1) is 0 Å². The third-order valence-electron chi connectivity index (χ3n) is 3.64. The summed E-state index contributed by atoms with van der Waals surface area (Å²) in [6, 6.07) is 4.92. The minimum atomic E-state index is -0.303. The lowest BCUT2D eigenvalue weighted by atomic mass is 10.1. The molecule has 2 heterocycles. The van der Waals surface area contributed by atoms with Crippen molar-refractivity contribution in [3.8, 4) is 11.5 Å². The Bertz CT molecular complexity index is 813. The molecule has 1 aromatic carbocycles. The molecule has 1 atom stereocenters. The molecule has 0 radical (unpaired) electrons. The van der Waals surface area contributed by atoms with Crippen LogP contribution in [0.4, 0.5) is 5.69 Å². The largest absolute Gasteiger partial charge is 0.489 e. The second-order valence-electron chi connectivity index (χ2n) is 5.26. The van der Waals surface area contributed by atoms with Crippen LogP contribution in [-0.4, -0.2) is 30.7 Å². The molecule has 1 aliphatic heterocycles. The first kappa shape index (κ1) is 14.2. The molecule has 1 aromatic heterocycles. The van der Waals surface area contributed by atoms with Crippen LogP contribution in [-0.2, 0) is 4.79 Å². The minimum Gasteiger partial charge on any atom is -0.489 e. The van der Waals surface area contributed by atoms with E-state index < -0.39 is 0 Å². The zero-order valence-electron chi connectivity index (χ0n) is 12.4. The van der Waals surface area contributed by atoms with Crippen molar-refractivity contribution in [3.05, 3.63) is 28.6 Å². The van der Waals surface area contributed by atoms with Gasteiger partial charge in [-0.3, -0.25) is 14.2 Å². The van der Waals surface area contributed by atoms with Gasteiger partial charge in [-0.25, -0.2) is 0 Å². The van der Waals surface area contributed by atoms with Crippen LogP contribution in [0.2, 0.25) is 0 Å². The number of hydrogen-bond acceptors (Lipinski definition) is 5. The normalized spacial score (nSPS) is 16.2. The predicted molar refractivity (Wildman–Crippen MR) is 82.4 cm³/mol. The van der Waals surface area contributed by atoms with Crippen LogP contribution in [0.3, 0.4) is 0 Å². The molecule has 22 heavy (non-hydrogen) atoms. The molecule has 0 fully saturated rings. The summed E-state index contributed by atoms with van der Waals surface area (Å²) in [4.78, 5) is 23.9. The second kappa shape index (κ2) is 5.25. The highest BCUT2D eigenvalue weighted by atomic mass is 16.5. The topological polar surface area (TPSA) is 95.6 Å². The fraction of sp³-hybridized carbons (Fsp3) is 0.333. The number of nitrogens with two attached hydrogens (primary N) is 1. The Labute approximate surface area is 126 Å². The molecule has 0 aliphatic carbocycles. The highest BCUT2D eigenvalue weighted by molar-refractivity contribution is 5.90. The first-order chi connectivity index (χ1) is 10.5. The van der Waals surface area contributed by atoms with Gasteiger partial charge in [-0.1, -0.05) is 0 Å². The lowest BCUT2D eigenvalue weighted by Crippen LogP contribution is -2.33. The minimum absolute atomic E-state index is 0.126. The van der Waals surface area contributed by atoms with Crippen molar-refractivity contribution < 1.29 is 14.3 Å². The number of anilines is 1. The van der Waals surface area contributed by atoms with Gasteiger partial charge in [0, 0.05) is 24.2 Å². The Balaban J connectivity index is 2.18. The van der Waals surface area contributed by atoms with Gasteiger partial charge in [0.15, 0.2) is 12.4 Å². The quantitative estimate of drug-likeness (QED) is 0.812. The van der Waals surface area contributed by atoms with Gasteiger partial charge >= 0.3 is 0 Å². The molecule has 2 aromatic rings. The first-order valence-electron chi connectivity index (χ1n) is 6.96. The molecule has 7 heteroatoms. The maximum atomic E-state index is 12.6. The SMILES string of the molecule is CNC(=O)COc1cc2cc(N)cc3c2n(c1=O)[C@H](C)CO3. The summed E-state index contributed by atoms with van der Waals surface area (Å²) in [5.74, 6) is 0.409. The summed E-state index contributed by atoms with van der Waals surface area (Å²) in [5, 5.41) is 3.19. The van der Waals surface area contributed by atoms with Crippen LogP contribution < -0.4 is 26.1 Å². The highest BCUT2D eigenvalue weighted by Crippen LogP contribution is 2.34. The second-order valence-corrected chi connectivity index (χ2v) is 5.26. The maximum Gasteiger partial charge on any atom is 0.293 e. The molecule has 116 valence electrons. The standard InChI is InChI=1S/C15H17N3O4/c1-8-6-21-11-5-10(16)3-9-4-12(22-7-13(19)17-2)15(20)18(8)14(9)11/h3-5,8H,6-7,16H2,1-2H3,(H,17,19)/t8-/m1/s1. The van der Waals surface area contributed by atoms with Gasteiger partial charge < -0.3 is 20.5 Å². The Morgan fingerprint density at radius 3 is 3.00 bits per heavy atom. The number of carbonyl (C=O) groups is 1. The fourth-order valence-electron chi connectivity index (χ4n) is 2.58. The first-order valence-corrected chi connectivity index (χ1v) is 6.96. The summed E-state index contributed by atoms with van der Waals surface area (Å²) in [5.41, 5.74) is 6.83. The highest BCUT2D eigenvalue weighted by Gasteiger charge is 2.23. The third-order valence-corrected chi connectivity index (χ3v) is 3.64. The molecule has 0 spiro atoms. The van der Waals surface area contributed by atoms with Crippen molar-refractivity contribution in [2.75, 3.05) is 26.0 Å². The molecule has 1 aliphatic rings. The lowest BCUT2D eigenvalue weighted by Gasteiger charge is -2.26. The number of pyridine rings is 1. The molecular weight excluding hydrogens is 286 g/mol. The molecular formula is C15H17N3O4.